The standard InChI is InChI=1S/C29H48O4.C29H48O3.CH3BO/c1-23(2)12-11-14-24(3)15-16-26(5)17-20-29(6,7)19-10-9-13-25(4)18-21-33-27(22-30)28(31)32-8;1-23(2)13-12-15-24(3)16-17-26(5)18-21-29(7,8)20-11-10-14-25(4)19-22-32-27(6)28(30)31-9;1-2-3/h10,12,15,18-19,27,30H,5,9,11,13-14,16-17,20-22H2,1-4,6-8H3;11,13,16,19-20,27H,5,10,12,14-15,17-18,21-22H2,1-4,6-9H3;1H3/b19-10+,24-15+,25-18-;20-11+,24-16+,25-19-;/i;6D;. The van der Waals surface area contributed by atoms with Crippen molar-refractivity contribution in [2.24, 2.45) is 10.8 Å². The zero-order chi connectivity index (χ0) is 53.3. The first-order valence-corrected chi connectivity index (χ1v) is 24.7. The fourth-order valence-electron chi connectivity index (χ4n) is 6.16. The zero-order valence-corrected chi connectivity index (χ0v) is 46.0. The molecule has 0 amide bonds. The molecule has 0 aromatic heterocycles. The average molecular weight is 948 g/mol. The Bertz CT molecular complexity index is 1590. The molecule has 68 heavy (non-hydrogen) atoms. The van der Waals surface area contributed by atoms with Crippen LogP contribution in [0.1, 0.15) is 181 Å². The van der Waals surface area contributed by atoms with Crippen molar-refractivity contribution in [1.82, 2.24) is 0 Å². The van der Waals surface area contributed by atoms with E-state index in [9.17, 15) is 9.59 Å². The van der Waals surface area contributed by atoms with Gasteiger partial charge in [-0.1, -0.05) is 146 Å². The van der Waals surface area contributed by atoms with Gasteiger partial charge in [0.25, 0.3) is 0 Å². The fourth-order valence-corrected chi connectivity index (χ4v) is 6.16. The first-order valence-electron chi connectivity index (χ1n) is 25.4. The Kier molecular flexibility index (Phi) is 40.9. The van der Waals surface area contributed by atoms with Crippen molar-refractivity contribution in [2.45, 2.75) is 199 Å². The van der Waals surface area contributed by atoms with E-state index < -0.39 is 24.1 Å². The van der Waals surface area contributed by atoms with Crippen LogP contribution in [-0.2, 0) is 33.2 Å². The molecule has 9 heteroatoms. The quantitative estimate of drug-likeness (QED) is 0.0394. The van der Waals surface area contributed by atoms with Crippen molar-refractivity contribution in [2.75, 3.05) is 34.0 Å². The van der Waals surface area contributed by atoms with E-state index in [0.29, 0.717) is 6.61 Å². The predicted molar refractivity (Wildman–Crippen MR) is 291 cm³/mol. The molecule has 0 radical (unpaired) electrons. The molecule has 0 rings (SSSR count). The number of carbonyl (C=O) groups is 2. The van der Waals surface area contributed by atoms with E-state index in [1.807, 2.05) is 19.1 Å². The number of aliphatic hydroxyl groups excluding tert-OH is 1. The number of methoxy groups -OCH3 is 2. The van der Waals surface area contributed by atoms with Gasteiger partial charge in [0.05, 0.1) is 34.0 Å². The molecule has 2 unspecified atom stereocenters. The maximum absolute atomic E-state index is 11.4. The van der Waals surface area contributed by atoms with Crippen molar-refractivity contribution in [1.29, 1.82) is 0 Å². The molecular weight excluding hydrogens is 847 g/mol. The molecule has 0 saturated carbocycles. The SMILES string of the molecule is C=C(C/C=C(\C)CCC=C(C)C)CCC(C)(C)/C=C/CC/C(C)=C\COC(CO)C(=O)OC.CB=O.[2H]CC(OC/C=C(/C)CC/C=C/C(C)(C)CCC(=C)C/C=C(\C)CCC=C(C)C)C(=O)OC. The molecule has 2 atom stereocenters. The summed E-state index contributed by atoms with van der Waals surface area (Å²) >= 11 is 0. The van der Waals surface area contributed by atoms with Crippen molar-refractivity contribution in [3.8, 4) is 0 Å². The van der Waals surface area contributed by atoms with Crippen molar-refractivity contribution in [3.63, 3.8) is 0 Å². The fraction of sp³-hybridized carbons (Fsp3) is 0.627. The molecule has 0 bridgehead atoms. The van der Waals surface area contributed by atoms with Gasteiger partial charge in [0.2, 0.25) is 0 Å². The molecule has 0 aliphatic rings. The van der Waals surface area contributed by atoms with Crippen LogP contribution in [0.4, 0.5) is 0 Å². The van der Waals surface area contributed by atoms with Gasteiger partial charge in [0.15, 0.2) is 12.2 Å². The molecule has 0 aliphatic heterocycles. The molecule has 0 aliphatic carbocycles. The number of ether oxygens (including phenoxy) is 4. The second kappa shape index (κ2) is 42.0. The summed E-state index contributed by atoms with van der Waals surface area (Å²) in [5, 5.41) is 9.16. The van der Waals surface area contributed by atoms with Gasteiger partial charge in [-0.2, -0.15) is 0 Å². The Balaban J connectivity index is -0.00000119. The third-order valence-electron chi connectivity index (χ3n) is 11.0. The molecule has 8 nitrogen and oxygen atoms in total. The largest absolute Gasteiger partial charge is 0.467 e. The number of aliphatic hydroxyl groups is 1. The van der Waals surface area contributed by atoms with Gasteiger partial charge in [-0.05, 0) is 163 Å². The Morgan fingerprint density at radius 3 is 1.32 bits per heavy atom. The monoisotopic (exact) mass is 948 g/mol. The summed E-state index contributed by atoms with van der Waals surface area (Å²) < 4.78 is 36.1. The normalized spacial score (nSPS) is 13.6. The van der Waals surface area contributed by atoms with Crippen LogP contribution in [-0.4, -0.2) is 70.4 Å². The topological polar surface area (TPSA) is 108 Å². The van der Waals surface area contributed by atoms with E-state index in [0.717, 1.165) is 97.0 Å². The third-order valence-corrected chi connectivity index (χ3v) is 11.0. The summed E-state index contributed by atoms with van der Waals surface area (Å²) in [6.45, 7) is 36.3. The van der Waals surface area contributed by atoms with E-state index in [1.165, 1.54) is 65.6 Å². The summed E-state index contributed by atoms with van der Waals surface area (Å²) in [6, 6.07) is 0. The molecule has 1 N–H and O–H groups in total. The van der Waals surface area contributed by atoms with Crippen LogP contribution in [0.5, 0.6) is 0 Å². The summed E-state index contributed by atoms with van der Waals surface area (Å²) in [7, 11) is 3.34. The molecule has 0 spiro atoms. The van der Waals surface area contributed by atoms with Crippen LogP contribution in [0.3, 0.4) is 0 Å². The Hall–Kier alpha value is -3.92. The summed E-state index contributed by atoms with van der Waals surface area (Å²) in [5.74, 6) is -1.04. The van der Waals surface area contributed by atoms with Crippen LogP contribution < -0.4 is 0 Å². The number of hydrogen-bond donors (Lipinski definition) is 1. The Morgan fingerprint density at radius 2 is 0.971 bits per heavy atom. The molecule has 0 fully saturated rings. The minimum atomic E-state index is -0.920. The van der Waals surface area contributed by atoms with Gasteiger partial charge >= 0.3 is 30.6 Å². The van der Waals surface area contributed by atoms with E-state index in [2.05, 4.69) is 147 Å². The second-order valence-electron chi connectivity index (χ2n) is 19.7. The van der Waals surface area contributed by atoms with E-state index in [4.69, 9.17) is 20.7 Å². The van der Waals surface area contributed by atoms with Gasteiger partial charge in [-0.15, -0.1) is 0 Å². The van der Waals surface area contributed by atoms with Crippen molar-refractivity contribution in [3.05, 3.63) is 119 Å². The van der Waals surface area contributed by atoms with Crippen LogP contribution >= 0.6 is 0 Å². The molecule has 0 aromatic carbocycles. The van der Waals surface area contributed by atoms with Gasteiger partial charge in [0.1, 0.15) is 0 Å². The van der Waals surface area contributed by atoms with Gasteiger partial charge in [0, 0.05) is 1.37 Å². The van der Waals surface area contributed by atoms with E-state index in [-0.39, 0.29) is 30.9 Å². The van der Waals surface area contributed by atoms with Gasteiger partial charge < -0.3 is 24.1 Å². The summed E-state index contributed by atoms with van der Waals surface area (Å²) in [5.41, 5.74) is 11.0. The number of allylic oxidation sites excluding steroid dienone is 16. The first kappa shape index (κ1) is 66.2. The molecule has 0 saturated heterocycles. The number of hydrogen-bond acceptors (Lipinski definition) is 8. The number of carbonyl (C=O) groups excluding carboxylic acids is 2. The number of esters is 2. The molecular formula is C59H99BO8. The van der Waals surface area contributed by atoms with Gasteiger partial charge in [-0.3, -0.25) is 0 Å². The maximum atomic E-state index is 11.4. The minimum Gasteiger partial charge on any atom is -0.467 e. The zero-order valence-electron chi connectivity index (χ0n) is 47.0. The van der Waals surface area contributed by atoms with Gasteiger partial charge in [-0.25, -0.2) is 9.59 Å². The van der Waals surface area contributed by atoms with Crippen LogP contribution in [0.15, 0.2) is 119 Å². The van der Waals surface area contributed by atoms with E-state index in [1.54, 1.807) is 0 Å². The predicted octanol–water partition coefficient (Wildman–Crippen LogP) is 15.6. The van der Waals surface area contributed by atoms with Crippen molar-refractivity contribution >= 4 is 19.1 Å². The summed E-state index contributed by atoms with van der Waals surface area (Å²) in [6.07, 6.45) is 35.1. The molecule has 0 aromatic rings. The van der Waals surface area contributed by atoms with Crippen LogP contribution in [0.2, 0.25) is 6.82 Å². The van der Waals surface area contributed by atoms with Crippen LogP contribution in [0.25, 0.3) is 0 Å². The van der Waals surface area contributed by atoms with Crippen molar-refractivity contribution < 1.29 is 39.7 Å². The van der Waals surface area contributed by atoms with Crippen LogP contribution in [0, 0.1) is 10.8 Å². The Labute approximate surface area is 419 Å². The Morgan fingerprint density at radius 1 is 0.603 bits per heavy atom. The minimum absolute atomic E-state index is 0.129. The average Bonchev–Trinajstić information content (AvgIpc) is 3.29. The number of rotatable bonds is 33. The summed E-state index contributed by atoms with van der Waals surface area (Å²) in [4.78, 5) is 22.8. The molecule has 386 valence electrons. The smallest absolute Gasteiger partial charge is 0.334 e. The van der Waals surface area contributed by atoms with E-state index >= 15 is 0 Å². The molecule has 0 heterocycles. The third kappa shape index (κ3) is 44.6. The maximum Gasteiger partial charge on any atom is 0.334 e. The second-order valence-corrected chi connectivity index (χ2v) is 19.7. The first-order chi connectivity index (χ1) is 32.4.